The number of carboxylic acids is 1. The number of fused-ring (bicyclic) bond motifs is 3. The summed E-state index contributed by atoms with van der Waals surface area (Å²) in [5.74, 6) is -1.69. The first-order valence-corrected chi connectivity index (χ1v) is 11.1. The Morgan fingerprint density at radius 2 is 1.80 bits per heavy atom. The molecular formula is C19H19BrN2O7S. The van der Waals surface area contributed by atoms with Crippen LogP contribution in [0.3, 0.4) is 0 Å². The number of hydrogen-bond acceptors (Lipinski definition) is 6. The number of furan rings is 1. The highest BCUT2D eigenvalue weighted by Crippen LogP contribution is 2.36. The topological polar surface area (TPSA) is 135 Å². The first-order chi connectivity index (χ1) is 14.0. The van der Waals surface area contributed by atoms with Gasteiger partial charge in [-0.15, -0.1) is 0 Å². The lowest BCUT2D eigenvalue weighted by atomic mass is 10.1. The van der Waals surface area contributed by atoms with E-state index in [-0.39, 0.29) is 4.90 Å². The summed E-state index contributed by atoms with van der Waals surface area (Å²) in [6, 6.07) is 6.27. The van der Waals surface area contributed by atoms with Crippen molar-refractivity contribution in [1.29, 1.82) is 0 Å². The molecule has 3 aromatic rings. The molecule has 3 N–H and O–H groups in total. The van der Waals surface area contributed by atoms with Crippen LogP contribution in [0.15, 0.2) is 44.1 Å². The van der Waals surface area contributed by atoms with Gasteiger partial charge in [-0.05, 0) is 46.1 Å². The number of anilines is 1. The fraction of sp³-hybridized carbons (Fsp3) is 0.263. The number of methoxy groups -OCH3 is 1. The van der Waals surface area contributed by atoms with E-state index < -0.39 is 34.0 Å². The van der Waals surface area contributed by atoms with Crippen LogP contribution in [0.5, 0.6) is 0 Å². The van der Waals surface area contributed by atoms with Gasteiger partial charge in [-0.1, -0.05) is 13.8 Å². The molecule has 1 aromatic heterocycles. The smallest absolute Gasteiger partial charge is 0.411 e. The quantitative estimate of drug-likeness (QED) is 0.468. The maximum absolute atomic E-state index is 12.8. The predicted molar refractivity (Wildman–Crippen MR) is 114 cm³/mol. The summed E-state index contributed by atoms with van der Waals surface area (Å²) >= 11 is 3.36. The number of carbonyl (C=O) groups is 2. The van der Waals surface area contributed by atoms with Crippen LogP contribution in [0.1, 0.15) is 13.8 Å². The van der Waals surface area contributed by atoms with Gasteiger partial charge in [-0.2, -0.15) is 4.72 Å². The third kappa shape index (κ3) is 4.27. The lowest BCUT2D eigenvalue weighted by molar-refractivity contribution is -0.140. The van der Waals surface area contributed by atoms with Gasteiger partial charge in [0.25, 0.3) is 0 Å². The van der Waals surface area contributed by atoms with Crippen molar-refractivity contribution in [1.82, 2.24) is 4.72 Å². The van der Waals surface area contributed by atoms with Gasteiger partial charge in [0.2, 0.25) is 10.0 Å². The van der Waals surface area contributed by atoms with E-state index in [0.29, 0.717) is 32.1 Å². The maximum atomic E-state index is 12.8. The van der Waals surface area contributed by atoms with Crippen LogP contribution in [0.2, 0.25) is 0 Å². The van der Waals surface area contributed by atoms with Crippen molar-refractivity contribution in [2.24, 2.45) is 5.92 Å². The largest absolute Gasteiger partial charge is 0.480 e. The highest BCUT2D eigenvalue weighted by Gasteiger charge is 2.28. The molecule has 30 heavy (non-hydrogen) atoms. The fourth-order valence-corrected chi connectivity index (χ4v) is 4.71. The molecule has 0 saturated heterocycles. The summed E-state index contributed by atoms with van der Waals surface area (Å²) in [4.78, 5) is 22.8. The second-order valence-electron chi connectivity index (χ2n) is 6.89. The minimum Gasteiger partial charge on any atom is -0.480 e. The number of halogens is 1. The Morgan fingerprint density at radius 3 is 2.40 bits per heavy atom. The Labute approximate surface area is 180 Å². The number of carbonyl (C=O) groups excluding carboxylic acids is 1. The molecule has 0 aliphatic heterocycles. The van der Waals surface area contributed by atoms with Crippen LogP contribution >= 0.6 is 15.9 Å². The van der Waals surface area contributed by atoms with Crippen molar-refractivity contribution in [3.05, 3.63) is 34.8 Å². The molecule has 0 spiro atoms. The highest BCUT2D eigenvalue weighted by molar-refractivity contribution is 9.10. The second kappa shape index (κ2) is 8.25. The molecule has 1 amide bonds. The number of nitrogens with one attached hydrogen (secondary N) is 2. The molecule has 11 heteroatoms. The van der Waals surface area contributed by atoms with Crippen LogP contribution in [0, 0.1) is 5.92 Å². The highest BCUT2D eigenvalue weighted by atomic mass is 79.9. The fourth-order valence-electron chi connectivity index (χ4n) is 2.91. The molecule has 0 saturated carbocycles. The van der Waals surface area contributed by atoms with E-state index in [4.69, 9.17) is 4.42 Å². The number of amides is 1. The zero-order valence-corrected chi connectivity index (χ0v) is 18.6. The number of hydrogen-bond donors (Lipinski definition) is 3. The van der Waals surface area contributed by atoms with Gasteiger partial charge in [0.1, 0.15) is 17.2 Å². The van der Waals surface area contributed by atoms with Crippen molar-refractivity contribution in [2.45, 2.75) is 24.8 Å². The lowest BCUT2D eigenvalue weighted by Crippen LogP contribution is -2.44. The average Bonchev–Trinajstić information content (AvgIpc) is 3.02. The van der Waals surface area contributed by atoms with Gasteiger partial charge in [0, 0.05) is 21.3 Å². The monoisotopic (exact) mass is 498 g/mol. The summed E-state index contributed by atoms with van der Waals surface area (Å²) in [7, 11) is -2.84. The molecule has 0 aliphatic rings. The molecule has 1 heterocycles. The van der Waals surface area contributed by atoms with Gasteiger partial charge >= 0.3 is 12.1 Å². The lowest BCUT2D eigenvalue weighted by Gasteiger charge is -2.17. The number of aliphatic carboxylic acids is 1. The minimum absolute atomic E-state index is 0.0857. The van der Waals surface area contributed by atoms with E-state index in [9.17, 15) is 23.1 Å². The summed E-state index contributed by atoms with van der Waals surface area (Å²) in [6.45, 7) is 3.23. The molecule has 9 nitrogen and oxygen atoms in total. The van der Waals surface area contributed by atoms with Gasteiger partial charge in [-0.3, -0.25) is 10.1 Å². The molecule has 2 aromatic carbocycles. The Bertz CT molecular complexity index is 1250. The zero-order chi connectivity index (χ0) is 22.2. The van der Waals surface area contributed by atoms with E-state index in [1.165, 1.54) is 25.3 Å². The molecule has 0 radical (unpaired) electrons. The van der Waals surface area contributed by atoms with Crippen molar-refractivity contribution < 1.29 is 32.3 Å². The molecule has 0 bridgehead atoms. The van der Waals surface area contributed by atoms with Crippen molar-refractivity contribution in [3.8, 4) is 0 Å². The first kappa shape index (κ1) is 22.1. The minimum atomic E-state index is -4.08. The Kier molecular flexibility index (Phi) is 6.06. The van der Waals surface area contributed by atoms with Gasteiger partial charge in [-0.25, -0.2) is 13.2 Å². The third-order valence-electron chi connectivity index (χ3n) is 4.48. The SMILES string of the molecule is COC(=O)Nc1cc2oc3ccc(S(=O)(=O)NC(C(=O)O)C(C)C)cc3c2cc1Br. The Hall–Kier alpha value is -2.63. The Balaban J connectivity index is 2.07. The van der Waals surface area contributed by atoms with E-state index in [1.54, 1.807) is 26.0 Å². The van der Waals surface area contributed by atoms with Crippen LogP contribution in [0.4, 0.5) is 10.5 Å². The molecule has 0 fully saturated rings. The third-order valence-corrected chi connectivity index (χ3v) is 6.57. The van der Waals surface area contributed by atoms with E-state index in [2.05, 4.69) is 30.7 Å². The van der Waals surface area contributed by atoms with Crippen LogP contribution in [-0.2, 0) is 19.6 Å². The second-order valence-corrected chi connectivity index (χ2v) is 9.45. The van der Waals surface area contributed by atoms with Crippen molar-refractivity contribution >= 4 is 65.6 Å². The molecule has 1 atom stereocenters. The molecule has 160 valence electrons. The zero-order valence-electron chi connectivity index (χ0n) is 16.2. The van der Waals surface area contributed by atoms with Gasteiger partial charge in [0.15, 0.2) is 0 Å². The standard InChI is InChI=1S/C19H19BrN2O7S/c1-9(2)17(18(23)24)22-30(26,27)10-4-5-15-11(6-10)12-7-13(20)14(8-16(12)29-15)21-19(25)28-3/h4-9,17,22H,1-3H3,(H,21,25)(H,23,24). The molecule has 1 unspecified atom stereocenters. The van der Waals surface area contributed by atoms with Gasteiger partial charge < -0.3 is 14.3 Å². The van der Waals surface area contributed by atoms with Crippen molar-refractivity contribution in [2.75, 3.05) is 12.4 Å². The summed E-state index contributed by atoms with van der Waals surface area (Å²) in [6.07, 6.45) is -0.649. The van der Waals surface area contributed by atoms with E-state index in [1.807, 2.05) is 0 Å². The van der Waals surface area contributed by atoms with Crippen LogP contribution in [-0.4, -0.2) is 38.7 Å². The summed E-state index contributed by atoms with van der Waals surface area (Å²) in [5, 5.41) is 13.0. The number of ether oxygens (including phenoxy) is 1. The molecule has 3 rings (SSSR count). The summed E-state index contributed by atoms with van der Waals surface area (Å²) in [5.41, 5.74) is 1.28. The van der Waals surface area contributed by atoms with Crippen LogP contribution < -0.4 is 10.0 Å². The van der Waals surface area contributed by atoms with Gasteiger partial charge in [0.05, 0.1) is 17.7 Å². The van der Waals surface area contributed by atoms with Crippen LogP contribution in [0.25, 0.3) is 21.9 Å². The number of sulfonamides is 1. The Morgan fingerprint density at radius 1 is 1.13 bits per heavy atom. The van der Waals surface area contributed by atoms with Crippen molar-refractivity contribution in [3.63, 3.8) is 0 Å². The molecular weight excluding hydrogens is 480 g/mol. The first-order valence-electron chi connectivity index (χ1n) is 8.79. The number of benzene rings is 2. The predicted octanol–water partition coefficient (Wildman–Crippen LogP) is 3.91. The van der Waals surface area contributed by atoms with E-state index >= 15 is 0 Å². The average molecular weight is 499 g/mol. The number of rotatable bonds is 6. The normalized spacial score (nSPS) is 13.0. The number of carboxylic acid groups (broad SMARTS) is 1. The molecule has 0 aliphatic carbocycles. The summed E-state index contributed by atoms with van der Waals surface area (Å²) < 4.78 is 38.6. The maximum Gasteiger partial charge on any atom is 0.411 e. The van der Waals surface area contributed by atoms with E-state index in [0.717, 1.165) is 0 Å².